The Bertz CT molecular complexity index is 1260. The van der Waals surface area contributed by atoms with Crippen LogP contribution in [-0.4, -0.2) is 31.2 Å². The van der Waals surface area contributed by atoms with Gasteiger partial charge in [-0.1, -0.05) is 18.5 Å². The highest BCUT2D eigenvalue weighted by molar-refractivity contribution is 7.87. The van der Waals surface area contributed by atoms with Gasteiger partial charge in [-0.05, 0) is 67.9 Å². The minimum atomic E-state index is -4.20. The Labute approximate surface area is 203 Å². The van der Waals surface area contributed by atoms with Crippen LogP contribution in [0.1, 0.15) is 43.3 Å². The van der Waals surface area contributed by atoms with Crippen molar-refractivity contribution >= 4 is 39.2 Å². The van der Waals surface area contributed by atoms with Gasteiger partial charge in [0, 0.05) is 29.2 Å². The quantitative estimate of drug-likeness (QED) is 0.406. The summed E-state index contributed by atoms with van der Waals surface area (Å²) in [5.74, 6) is -0.373. The average Bonchev–Trinajstić information content (AvgIpc) is 3.33. The first-order valence-corrected chi connectivity index (χ1v) is 12.3. The number of hydrogen-bond donors (Lipinski definition) is 1. The first-order chi connectivity index (χ1) is 16.1. The fraction of sp³-hybridized carbons (Fsp3) is 0.250. The van der Waals surface area contributed by atoms with Crippen molar-refractivity contribution in [3.63, 3.8) is 0 Å². The zero-order valence-electron chi connectivity index (χ0n) is 18.9. The zero-order valence-corrected chi connectivity index (χ0v) is 20.5. The summed E-state index contributed by atoms with van der Waals surface area (Å²) in [4.78, 5) is 25.7. The van der Waals surface area contributed by atoms with Crippen LogP contribution in [0.15, 0.2) is 70.2 Å². The molecule has 3 rings (SSSR count). The van der Waals surface area contributed by atoms with Gasteiger partial charge in [0.1, 0.15) is 10.6 Å². The van der Waals surface area contributed by atoms with Crippen LogP contribution in [0, 0.1) is 0 Å². The zero-order chi connectivity index (χ0) is 24.9. The Morgan fingerprint density at radius 2 is 1.85 bits per heavy atom. The summed E-state index contributed by atoms with van der Waals surface area (Å²) in [5, 5.41) is 2.94. The van der Waals surface area contributed by atoms with Crippen LogP contribution in [0.4, 0.5) is 5.69 Å². The molecule has 1 heterocycles. The summed E-state index contributed by atoms with van der Waals surface area (Å²) in [5.41, 5.74) is 0.880. The number of benzene rings is 2. The molecule has 2 amide bonds. The highest BCUT2D eigenvalue weighted by Crippen LogP contribution is 2.29. The Morgan fingerprint density at radius 3 is 2.44 bits per heavy atom. The fourth-order valence-corrected chi connectivity index (χ4v) is 4.36. The van der Waals surface area contributed by atoms with Gasteiger partial charge in [-0.2, -0.15) is 8.42 Å². The van der Waals surface area contributed by atoms with Crippen LogP contribution < -0.4 is 9.50 Å². The lowest BCUT2D eigenvalue weighted by atomic mass is 10.1. The summed E-state index contributed by atoms with van der Waals surface area (Å²) in [6.07, 6.45) is 2.09. The van der Waals surface area contributed by atoms with Crippen molar-refractivity contribution in [2.45, 2.75) is 44.7 Å². The van der Waals surface area contributed by atoms with Gasteiger partial charge in [0.15, 0.2) is 5.76 Å². The molecule has 3 aromatic rings. The number of furan rings is 1. The fourth-order valence-electron chi connectivity index (χ4n) is 3.20. The van der Waals surface area contributed by atoms with E-state index >= 15 is 0 Å². The lowest BCUT2D eigenvalue weighted by molar-refractivity contribution is -0.114. The molecule has 180 valence electrons. The molecule has 10 heteroatoms. The molecule has 8 nitrogen and oxygen atoms in total. The second-order valence-electron chi connectivity index (χ2n) is 7.66. The number of nitrogens with zero attached hydrogens (tertiary/aromatic N) is 1. The van der Waals surface area contributed by atoms with Crippen molar-refractivity contribution in [3.05, 3.63) is 77.2 Å². The minimum absolute atomic E-state index is 0.0517. The Kier molecular flexibility index (Phi) is 8.01. The summed E-state index contributed by atoms with van der Waals surface area (Å²) < 4.78 is 36.6. The topological polar surface area (TPSA) is 106 Å². The van der Waals surface area contributed by atoms with Crippen LogP contribution in [0.25, 0.3) is 0 Å². The first-order valence-electron chi connectivity index (χ1n) is 10.6. The maximum atomic E-state index is 13.0. The predicted octanol–water partition coefficient (Wildman–Crippen LogP) is 5.10. The second-order valence-corrected chi connectivity index (χ2v) is 9.65. The highest BCUT2D eigenvalue weighted by atomic mass is 35.5. The van der Waals surface area contributed by atoms with E-state index in [-0.39, 0.29) is 40.8 Å². The minimum Gasteiger partial charge on any atom is -0.459 e. The molecule has 0 saturated heterocycles. The SMILES string of the molecule is CCC(C)N(Cc1cc(Cl)ccc1OS(=O)(=O)c1ccc(NC(C)=O)cc1)C(=O)c1ccco1. The van der Waals surface area contributed by atoms with Crippen molar-refractivity contribution in [3.8, 4) is 5.75 Å². The van der Waals surface area contributed by atoms with Crippen LogP contribution in [0.2, 0.25) is 5.02 Å². The van der Waals surface area contributed by atoms with Crippen molar-refractivity contribution in [2.24, 2.45) is 0 Å². The molecule has 1 unspecified atom stereocenters. The van der Waals surface area contributed by atoms with Gasteiger partial charge >= 0.3 is 10.1 Å². The van der Waals surface area contributed by atoms with E-state index in [0.29, 0.717) is 22.7 Å². The predicted molar refractivity (Wildman–Crippen MR) is 128 cm³/mol. The van der Waals surface area contributed by atoms with Gasteiger partial charge in [-0.3, -0.25) is 9.59 Å². The number of carbonyl (C=O) groups is 2. The second kappa shape index (κ2) is 10.8. The van der Waals surface area contributed by atoms with E-state index in [1.54, 1.807) is 23.1 Å². The smallest absolute Gasteiger partial charge is 0.339 e. The number of nitrogens with one attached hydrogen (secondary N) is 1. The van der Waals surface area contributed by atoms with Crippen molar-refractivity contribution < 1.29 is 26.6 Å². The van der Waals surface area contributed by atoms with Gasteiger partial charge in [-0.25, -0.2) is 0 Å². The maximum absolute atomic E-state index is 13.0. The van der Waals surface area contributed by atoms with Crippen LogP contribution >= 0.6 is 11.6 Å². The number of carbonyl (C=O) groups excluding carboxylic acids is 2. The van der Waals surface area contributed by atoms with E-state index in [0.717, 1.165) is 0 Å². The van der Waals surface area contributed by atoms with Crippen LogP contribution in [-0.2, 0) is 21.5 Å². The van der Waals surface area contributed by atoms with E-state index in [2.05, 4.69) is 5.32 Å². The molecule has 0 saturated carbocycles. The van der Waals surface area contributed by atoms with Gasteiger partial charge in [0.2, 0.25) is 5.91 Å². The molecule has 0 radical (unpaired) electrons. The monoisotopic (exact) mass is 504 g/mol. The van der Waals surface area contributed by atoms with Gasteiger partial charge < -0.3 is 18.8 Å². The number of halogens is 1. The Morgan fingerprint density at radius 1 is 1.15 bits per heavy atom. The normalized spacial score (nSPS) is 12.1. The molecule has 0 spiro atoms. The molecule has 0 aliphatic rings. The summed E-state index contributed by atoms with van der Waals surface area (Å²) in [7, 11) is -4.20. The Hall–Kier alpha value is -3.30. The van der Waals surface area contributed by atoms with Crippen molar-refractivity contribution in [1.82, 2.24) is 4.90 Å². The van der Waals surface area contributed by atoms with E-state index < -0.39 is 10.1 Å². The summed E-state index contributed by atoms with van der Waals surface area (Å²) in [6.45, 7) is 5.24. The third-order valence-corrected chi connectivity index (χ3v) is 6.63. The molecule has 0 aliphatic heterocycles. The van der Waals surface area contributed by atoms with Gasteiger partial charge in [-0.15, -0.1) is 0 Å². The van der Waals surface area contributed by atoms with Crippen molar-refractivity contribution in [2.75, 3.05) is 5.32 Å². The molecule has 0 aliphatic carbocycles. The highest BCUT2D eigenvalue weighted by Gasteiger charge is 2.26. The van der Waals surface area contributed by atoms with Crippen molar-refractivity contribution in [1.29, 1.82) is 0 Å². The van der Waals surface area contributed by atoms with Gasteiger partial charge in [0.05, 0.1) is 12.8 Å². The van der Waals surface area contributed by atoms with E-state index in [4.69, 9.17) is 20.2 Å². The van der Waals surface area contributed by atoms with E-state index in [1.807, 2.05) is 13.8 Å². The molecule has 1 aromatic heterocycles. The molecule has 0 bridgehead atoms. The summed E-state index contributed by atoms with van der Waals surface area (Å²) in [6, 6.07) is 13.2. The Balaban J connectivity index is 1.90. The average molecular weight is 505 g/mol. The molecule has 1 N–H and O–H groups in total. The third-order valence-electron chi connectivity index (χ3n) is 5.14. The van der Waals surface area contributed by atoms with E-state index in [1.165, 1.54) is 49.6 Å². The molecule has 34 heavy (non-hydrogen) atoms. The first kappa shape index (κ1) is 25.3. The maximum Gasteiger partial charge on any atom is 0.339 e. The lowest BCUT2D eigenvalue weighted by Crippen LogP contribution is -2.37. The van der Waals surface area contributed by atoms with Gasteiger partial charge in [0.25, 0.3) is 5.91 Å². The number of amides is 2. The molecular weight excluding hydrogens is 480 g/mol. The summed E-state index contributed by atoms with van der Waals surface area (Å²) >= 11 is 6.18. The molecule has 1 atom stereocenters. The van der Waals surface area contributed by atoms with Crippen LogP contribution in [0.3, 0.4) is 0 Å². The largest absolute Gasteiger partial charge is 0.459 e. The lowest BCUT2D eigenvalue weighted by Gasteiger charge is -2.28. The number of hydrogen-bond acceptors (Lipinski definition) is 6. The molecule has 2 aromatic carbocycles. The van der Waals surface area contributed by atoms with E-state index in [9.17, 15) is 18.0 Å². The number of rotatable bonds is 9. The number of anilines is 1. The van der Waals surface area contributed by atoms with Crippen LogP contribution in [0.5, 0.6) is 5.75 Å². The molecular formula is C24H25ClN2O6S. The third kappa shape index (κ3) is 6.18. The standard InChI is InChI=1S/C24H25ClN2O6S/c1-4-16(2)27(24(29)23-6-5-13-32-23)15-18-14-19(25)7-12-22(18)33-34(30,31)21-10-8-20(9-11-21)26-17(3)28/h5-14,16H,4,15H2,1-3H3,(H,26,28). The molecule has 0 fully saturated rings.